The lowest BCUT2D eigenvalue weighted by atomic mass is 9.86. The second kappa shape index (κ2) is 9.38. The number of carbonyl (C=O) groups is 2. The molecule has 1 saturated heterocycles. The second-order valence-corrected chi connectivity index (χ2v) is 9.08. The number of nitrogens with zero attached hydrogens (tertiary/aromatic N) is 3. The first-order chi connectivity index (χ1) is 15.1. The molecule has 1 atom stereocenters. The third kappa shape index (κ3) is 5.25. The number of carbonyl (C=O) groups excluding carboxylic acids is 2. The molecule has 2 aromatic carbocycles. The summed E-state index contributed by atoms with van der Waals surface area (Å²) in [5.74, 6) is -0.447. The number of nitro benzene ring substituents is 1. The van der Waals surface area contributed by atoms with Crippen molar-refractivity contribution in [2.45, 2.75) is 39.2 Å². The third-order valence-corrected chi connectivity index (χ3v) is 5.74. The highest BCUT2D eigenvalue weighted by Gasteiger charge is 2.28. The Balaban J connectivity index is 1.57. The van der Waals surface area contributed by atoms with Crippen LogP contribution >= 0.6 is 0 Å². The molecule has 2 amide bonds. The van der Waals surface area contributed by atoms with Gasteiger partial charge in [-0.05, 0) is 36.1 Å². The van der Waals surface area contributed by atoms with Crippen LogP contribution in [0.25, 0.3) is 0 Å². The van der Waals surface area contributed by atoms with Gasteiger partial charge in [-0.1, -0.05) is 45.0 Å². The fourth-order valence-corrected chi connectivity index (χ4v) is 3.79. The molecule has 2 aromatic rings. The van der Waals surface area contributed by atoms with Gasteiger partial charge in [-0.15, -0.1) is 0 Å². The smallest absolute Gasteiger partial charge is 0.292 e. The molecule has 170 valence electrons. The molecule has 0 bridgehead atoms. The summed E-state index contributed by atoms with van der Waals surface area (Å²) >= 11 is 0. The van der Waals surface area contributed by atoms with Crippen LogP contribution in [-0.2, 0) is 10.2 Å². The van der Waals surface area contributed by atoms with Gasteiger partial charge in [0, 0.05) is 37.8 Å². The third-order valence-electron chi connectivity index (χ3n) is 5.74. The van der Waals surface area contributed by atoms with Crippen molar-refractivity contribution in [3.05, 3.63) is 69.8 Å². The highest BCUT2D eigenvalue weighted by molar-refractivity contribution is 5.97. The Hall–Kier alpha value is -3.42. The van der Waals surface area contributed by atoms with Gasteiger partial charge >= 0.3 is 0 Å². The summed E-state index contributed by atoms with van der Waals surface area (Å²) < 4.78 is 0. The largest absolute Gasteiger partial charge is 0.362 e. The van der Waals surface area contributed by atoms with Crippen LogP contribution in [0.2, 0.25) is 0 Å². The van der Waals surface area contributed by atoms with Gasteiger partial charge in [-0.2, -0.15) is 0 Å². The SMILES string of the molecule is C[C@H](NC(=O)c1ccc(C(C)(C)C)cc1)C(=O)N1CCN(c2ccccc2[N+](=O)[O-])CC1. The van der Waals surface area contributed by atoms with E-state index in [0.717, 1.165) is 5.56 Å². The Morgan fingerprint density at radius 2 is 1.59 bits per heavy atom. The van der Waals surface area contributed by atoms with Crippen molar-refractivity contribution in [1.82, 2.24) is 10.2 Å². The van der Waals surface area contributed by atoms with E-state index in [4.69, 9.17) is 0 Å². The van der Waals surface area contributed by atoms with Crippen LogP contribution in [0.5, 0.6) is 0 Å². The van der Waals surface area contributed by atoms with E-state index in [0.29, 0.717) is 37.4 Å². The van der Waals surface area contributed by atoms with E-state index >= 15 is 0 Å². The monoisotopic (exact) mass is 438 g/mol. The highest BCUT2D eigenvalue weighted by Crippen LogP contribution is 2.28. The van der Waals surface area contributed by atoms with Gasteiger partial charge < -0.3 is 15.1 Å². The van der Waals surface area contributed by atoms with E-state index in [1.807, 2.05) is 17.0 Å². The normalized spacial score (nSPS) is 15.2. The molecule has 1 aliphatic rings. The molecular formula is C24H30N4O4. The molecule has 32 heavy (non-hydrogen) atoms. The summed E-state index contributed by atoms with van der Waals surface area (Å²) in [5, 5.41) is 14.1. The number of anilines is 1. The summed E-state index contributed by atoms with van der Waals surface area (Å²) in [6.07, 6.45) is 0. The first-order valence-corrected chi connectivity index (χ1v) is 10.8. The maximum absolute atomic E-state index is 12.9. The standard InChI is InChI=1S/C24H30N4O4/c1-17(25-22(29)18-9-11-19(12-10-18)24(2,3)4)23(30)27-15-13-26(14-16-27)20-7-5-6-8-21(20)28(31)32/h5-12,17H,13-16H2,1-4H3,(H,25,29)/t17-/m0/s1. The maximum atomic E-state index is 12.9. The highest BCUT2D eigenvalue weighted by atomic mass is 16.6. The van der Waals surface area contributed by atoms with Crippen molar-refractivity contribution in [1.29, 1.82) is 0 Å². The van der Waals surface area contributed by atoms with Crippen molar-refractivity contribution < 1.29 is 14.5 Å². The van der Waals surface area contributed by atoms with Crippen LogP contribution in [0.4, 0.5) is 11.4 Å². The summed E-state index contributed by atoms with van der Waals surface area (Å²) in [5.41, 5.74) is 2.27. The average molecular weight is 439 g/mol. The number of amides is 2. The van der Waals surface area contributed by atoms with Crippen molar-refractivity contribution in [2.24, 2.45) is 0 Å². The molecule has 1 heterocycles. The Bertz CT molecular complexity index is 990. The topological polar surface area (TPSA) is 95.8 Å². The lowest BCUT2D eigenvalue weighted by Gasteiger charge is -2.37. The van der Waals surface area contributed by atoms with E-state index < -0.39 is 11.0 Å². The van der Waals surface area contributed by atoms with Gasteiger partial charge in [0.15, 0.2) is 0 Å². The first-order valence-electron chi connectivity index (χ1n) is 10.8. The van der Waals surface area contributed by atoms with Crippen LogP contribution in [0.15, 0.2) is 48.5 Å². The Morgan fingerprint density at radius 1 is 1.00 bits per heavy atom. The minimum Gasteiger partial charge on any atom is -0.362 e. The second-order valence-electron chi connectivity index (χ2n) is 9.08. The Kier molecular flexibility index (Phi) is 6.81. The molecule has 8 nitrogen and oxygen atoms in total. The van der Waals surface area contributed by atoms with Gasteiger partial charge in [-0.3, -0.25) is 19.7 Å². The van der Waals surface area contributed by atoms with Crippen LogP contribution in [0, 0.1) is 10.1 Å². The molecule has 0 spiro atoms. The maximum Gasteiger partial charge on any atom is 0.292 e. The molecule has 0 unspecified atom stereocenters. The van der Waals surface area contributed by atoms with Crippen LogP contribution in [0.3, 0.4) is 0 Å². The van der Waals surface area contributed by atoms with E-state index in [-0.39, 0.29) is 22.9 Å². The summed E-state index contributed by atoms with van der Waals surface area (Å²) in [6.45, 7) is 9.86. The number of benzene rings is 2. The first kappa shape index (κ1) is 23.2. The van der Waals surface area contributed by atoms with Crippen LogP contribution in [-0.4, -0.2) is 53.9 Å². The zero-order valence-electron chi connectivity index (χ0n) is 19.0. The van der Waals surface area contributed by atoms with Crippen molar-refractivity contribution >= 4 is 23.2 Å². The van der Waals surface area contributed by atoms with E-state index in [1.54, 1.807) is 42.2 Å². The number of hydrogen-bond donors (Lipinski definition) is 1. The molecule has 0 aromatic heterocycles. The van der Waals surface area contributed by atoms with Gasteiger partial charge in [-0.25, -0.2) is 0 Å². The number of rotatable bonds is 5. The molecule has 1 N–H and O–H groups in total. The van der Waals surface area contributed by atoms with Gasteiger partial charge in [0.2, 0.25) is 5.91 Å². The minimum atomic E-state index is -0.664. The quantitative estimate of drug-likeness (QED) is 0.570. The summed E-state index contributed by atoms with van der Waals surface area (Å²) in [6, 6.07) is 13.4. The van der Waals surface area contributed by atoms with E-state index in [2.05, 4.69) is 26.1 Å². The lowest BCUT2D eigenvalue weighted by Crippen LogP contribution is -2.54. The zero-order valence-corrected chi connectivity index (χ0v) is 19.0. The van der Waals surface area contributed by atoms with Crippen molar-refractivity contribution in [3.8, 4) is 0 Å². The lowest BCUT2D eigenvalue weighted by molar-refractivity contribution is -0.384. The molecule has 8 heteroatoms. The number of piperazine rings is 1. The Morgan fingerprint density at radius 3 is 2.16 bits per heavy atom. The van der Waals surface area contributed by atoms with Crippen LogP contribution < -0.4 is 10.2 Å². The minimum absolute atomic E-state index is 0.000583. The van der Waals surface area contributed by atoms with Crippen molar-refractivity contribution in [3.63, 3.8) is 0 Å². The molecule has 0 aliphatic carbocycles. The number of nitro groups is 1. The van der Waals surface area contributed by atoms with Gasteiger partial charge in [0.1, 0.15) is 11.7 Å². The number of nitrogens with one attached hydrogen (secondary N) is 1. The molecule has 3 rings (SSSR count). The van der Waals surface area contributed by atoms with Crippen LogP contribution in [0.1, 0.15) is 43.6 Å². The molecule has 0 saturated carbocycles. The van der Waals surface area contributed by atoms with Gasteiger partial charge in [0.25, 0.3) is 11.6 Å². The predicted octanol–water partition coefficient (Wildman–Crippen LogP) is 3.36. The molecule has 0 radical (unpaired) electrons. The number of hydrogen-bond acceptors (Lipinski definition) is 5. The average Bonchev–Trinajstić information content (AvgIpc) is 2.78. The Labute approximate surface area is 188 Å². The van der Waals surface area contributed by atoms with Gasteiger partial charge in [0.05, 0.1) is 4.92 Å². The summed E-state index contributed by atoms with van der Waals surface area (Å²) in [7, 11) is 0. The molecule has 1 fully saturated rings. The number of para-hydroxylation sites is 2. The summed E-state index contributed by atoms with van der Waals surface area (Å²) in [4.78, 5) is 40.0. The molecule has 1 aliphatic heterocycles. The fourth-order valence-electron chi connectivity index (χ4n) is 3.79. The van der Waals surface area contributed by atoms with E-state index in [1.165, 1.54) is 6.07 Å². The van der Waals surface area contributed by atoms with E-state index in [9.17, 15) is 19.7 Å². The zero-order chi connectivity index (χ0) is 23.5. The van der Waals surface area contributed by atoms with Crippen molar-refractivity contribution in [2.75, 3.05) is 31.1 Å². The predicted molar refractivity (Wildman–Crippen MR) is 124 cm³/mol. The fraction of sp³-hybridized carbons (Fsp3) is 0.417. The molecular weight excluding hydrogens is 408 g/mol.